The van der Waals surface area contributed by atoms with Crippen LogP contribution in [-0.2, 0) is 4.79 Å². The van der Waals surface area contributed by atoms with Crippen LogP contribution in [0.1, 0.15) is 41.0 Å². The predicted molar refractivity (Wildman–Crippen MR) is 125 cm³/mol. The van der Waals surface area contributed by atoms with Crippen molar-refractivity contribution in [2.45, 2.75) is 44.2 Å². The van der Waals surface area contributed by atoms with Crippen LogP contribution in [0.15, 0.2) is 48.5 Å². The summed E-state index contributed by atoms with van der Waals surface area (Å²) in [4.78, 5) is 25.1. The first-order valence-corrected chi connectivity index (χ1v) is 11.4. The highest BCUT2D eigenvalue weighted by Gasteiger charge is 2.69. The Kier molecular flexibility index (Phi) is 5.36. The van der Waals surface area contributed by atoms with Gasteiger partial charge in [-0.05, 0) is 63.4 Å². The Hall–Kier alpha value is -3.39. The average molecular weight is 483 g/mol. The molecule has 9 heteroatoms. The van der Waals surface area contributed by atoms with Gasteiger partial charge in [-0.25, -0.2) is 9.07 Å². The molecule has 0 atom stereocenters. The lowest BCUT2D eigenvalue weighted by atomic mass is 9.44. The summed E-state index contributed by atoms with van der Waals surface area (Å²) in [6, 6.07) is 13.7. The lowest BCUT2D eigenvalue weighted by Crippen LogP contribution is -2.84. The van der Waals surface area contributed by atoms with Crippen LogP contribution < -0.4 is 15.4 Å². The van der Waals surface area contributed by atoms with Gasteiger partial charge in [0.1, 0.15) is 11.6 Å². The number of rotatable bonds is 7. The van der Waals surface area contributed by atoms with Crippen molar-refractivity contribution < 1.29 is 18.7 Å². The molecule has 3 fully saturated rings. The Balaban J connectivity index is 1.13. The molecule has 3 aromatic rings. The Morgan fingerprint density at radius 2 is 1.74 bits per heavy atom. The summed E-state index contributed by atoms with van der Waals surface area (Å²) in [5.74, 6) is -0.876. The smallest absolute Gasteiger partial charge is 0.272 e. The van der Waals surface area contributed by atoms with E-state index in [1.165, 1.54) is 12.1 Å². The average Bonchev–Trinajstić information content (AvgIpc) is 3.14. The van der Waals surface area contributed by atoms with Crippen molar-refractivity contribution in [1.82, 2.24) is 20.4 Å². The number of nitrogens with one attached hydrogen (secondary N) is 2. The molecule has 0 unspecified atom stereocenters. The molecule has 1 aromatic heterocycles. The predicted octanol–water partition coefficient (Wildman–Crippen LogP) is 3.88. The van der Waals surface area contributed by atoms with Gasteiger partial charge in [0.25, 0.3) is 11.8 Å². The van der Waals surface area contributed by atoms with Gasteiger partial charge < -0.3 is 15.4 Å². The topological polar surface area (TPSA) is 85.3 Å². The molecule has 2 bridgehead atoms. The number of halogens is 2. The summed E-state index contributed by atoms with van der Waals surface area (Å²) < 4.78 is 20.6. The standard InChI is InChI=1S/C25H24ClFN4O3/c1-15-3-5-17(6-4-15)31-16(2)9-21(30-31)23(33)29-25-12-24(13-25,14-25)28-22(32)11-34-18-7-8-19(26)20(27)10-18/h3-10H,11-14H2,1-2H3,(H,28,32)(H,29,33). The minimum atomic E-state index is -0.601. The van der Waals surface area contributed by atoms with Crippen molar-refractivity contribution in [2.24, 2.45) is 0 Å². The Morgan fingerprint density at radius 3 is 2.41 bits per heavy atom. The summed E-state index contributed by atoms with van der Waals surface area (Å²) in [7, 11) is 0. The van der Waals surface area contributed by atoms with E-state index in [4.69, 9.17) is 16.3 Å². The molecule has 3 saturated carbocycles. The molecular formula is C25H24ClFN4O3. The van der Waals surface area contributed by atoms with E-state index in [1.54, 1.807) is 10.7 Å². The van der Waals surface area contributed by atoms with E-state index in [0.29, 0.717) is 25.0 Å². The lowest BCUT2D eigenvalue weighted by molar-refractivity contribution is -0.141. The molecule has 0 saturated heterocycles. The fraction of sp³-hybridized carbons (Fsp3) is 0.320. The van der Waals surface area contributed by atoms with Crippen LogP contribution in [0.4, 0.5) is 4.39 Å². The number of hydrogen-bond donors (Lipinski definition) is 2. The van der Waals surface area contributed by atoms with E-state index >= 15 is 0 Å². The Bertz CT molecular complexity index is 1270. The zero-order valence-electron chi connectivity index (χ0n) is 18.8. The van der Waals surface area contributed by atoms with Gasteiger partial charge in [-0.3, -0.25) is 9.59 Å². The number of benzene rings is 2. The van der Waals surface area contributed by atoms with E-state index in [0.717, 1.165) is 23.0 Å². The zero-order chi connectivity index (χ0) is 24.1. The lowest BCUT2D eigenvalue weighted by Gasteiger charge is -2.70. The zero-order valence-corrected chi connectivity index (χ0v) is 19.6. The van der Waals surface area contributed by atoms with E-state index in [-0.39, 0.29) is 40.3 Å². The van der Waals surface area contributed by atoms with Crippen molar-refractivity contribution in [1.29, 1.82) is 0 Å². The number of carbonyl (C=O) groups excluding carboxylic acids is 2. The highest BCUT2D eigenvalue weighted by molar-refractivity contribution is 6.30. The van der Waals surface area contributed by atoms with Gasteiger partial charge in [0.2, 0.25) is 0 Å². The van der Waals surface area contributed by atoms with Gasteiger partial charge in [-0.15, -0.1) is 0 Å². The van der Waals surface area contributed by atoms with Crippen LogP contribution in [0.3, 0.4) is 0 Å². The summed E-state index contributed by atoms with van der Waals surface area (Å²) in [6.45, 7) is 3.71. The molecule has 3 aliphatic rings. The van der Waals surface area contributed by atoms with Crippen LogP contribution in [0, 0.1) is 19.7 Å². The number of ether oxygens (including phenoxy) is 1. The molecule has 0 aliphatic heterocycles. The first kappa shape index (κ1) is 22.4. The fourth-order valence-corrected chi connectivity index (χ4v) is 5.06. The second-order valence-corrected chi connectivity index (χ2v) is 9.78. The molecule has 3 aliphatic carbocycles. The molecule has 0 radical (unpaired) electrons. The highest BCUT2D eigenvalue weighted by atomic mass is 35.5. The van der Waals surface area contributed by atoms with Gasteiger partial charge in [0.05, 0.1) is 10.7 Å². The molecule has 2 N–H and O–H groups in total. The number of hydrogen-bond acceptors (Lipinski definition) is 4. The molecule has 0 spiro atoms. The quantitative estimate of drug-likeness (QED) is 0.535. The van der Waals surface area contributed by atoms with Crippen LogP contribution in [0.25, 0.3) is 5.69 Å². The molecule has 2 aromatic carbocycles. The third-order valence-electron chi connectivity index (χ3n) is 6.47. The van der Waals surface area contributed by atoms with Crippen molar-refractivity contribution in [3.8, 4) is 11.4 Å². The van der Waals surface area contributed by atoms with Crippen LogP contribution in [0.2, 0.25) is 5.02 Å². The fourth-order valence-electron chi connectivity index (χ4n) is 4.94. The van der Waals surface area contributed by atoms with Gasteiger partial charge >= 0.3 is 0 Å². The van der Waals surface area contributed by atoms with Gasteiger partial charge in [0, 0.05) is 22.8 Å². The number of amides is 2. The van der Waals surface area contributed by atoms with Gasteiger partial charge in [-0.2, -0.15) is 5.10 Å². The highest BCUT2D eigenvalue weighted by Crippen LogP contribution is 2.60. The molecule has 6 rings (SSSR count). The second-order valence-electron chi connectivity index (χ2n) is 9.38. The van der Waals surface area contributed by atoms with Crippen molar-refractivity contribution in [3.63, 3.8) is 0 Å². The Morgan fingerprint density at radius 1 is 1.06 bits per heavy atom. The first-order valence-electron chi connectivity index (χ1n) is 11.0. The number of carbonyl (C=O) groups is 2. The minimum absolute atomic E-state index is 0.00455. The third-order valence-corrected chi connectivity index (χ3v) is 6.78. The number of nitrogens with zero attached hydrogens (tertiary/aromatic N) is 2. The maximum absolute atomic E-state index is 13.5. The molecule has 176 valence electrons. The molecule has 2 amide bonds. The monoisotopic (exact) mass is 482 g/mol. The maximum atomic E-state index is 13.5. The SMILES string of the molecule is Cc1ccc(-n2nc(C(=O)NC34CC(NC(=O)COc5ccc(Cl)c(F)c5)(C3)C4)cc2C)cc1. The van der Waals surface area contributed by atoms with E-state index in [1.807, 2.05) is 38.1 Å². The molecular weight excluding hydrogens is 459 g/mol. The van der Waals surface area contributed by atoms with E-state index in [2.05, 4.69) is 15.7 Å². The summed E-state index contributed by atoms with van der Waals surface area (Å²) in [6.07, 6.45) is 1.97. The van der Waals surface area contributed by atoms with Crippen LogP contribution >= 0.6 is 11.6 Å². The second kappa shape index (κ2) is 8.13. The van der Waals surface area contributed by atoms with Crippen molar-refractivity contribution in [3.05, 3.63) is 76.3 Å². The Labute approximate surface area is 201 Å². The van der Waals surface area contributed by atoms with Crippen LogP contribution in [0.5, 0.6) is 5.75 Å². The van der Waals surface area contributed by atoms with Gasteiger partial charge in [-0.1, -0.05) is 29.3 Å². The number of aromatic nitrogens is 2. The van der Waals surface area contributed by atoms with Crippen LogP contribution in [-0.4, -0.2) is 39.3 Å². The first-order chi connectivity index (χ1) is 16.2. The van der Waals surface area contributed by atoms with E-state index < -0.39 is 5.82 Å². The summed E-state index contributed by atoms with van der Waals surface area (Å²) in [5.41, 5.74) is 2.65. The van der Waals surface area contributed by atoms with E-state index in [9.17, 15) is 14.0 Å². The van der Waals surface area contributed by atoms with Crippen molar-refractivity contribution in [2.75, 3.05) is 6.61 Å². The molecule has 7 nitrogen and oxygen atoms in total. The van der Waals surface area contributed by atoms with Gasteiger partial charge in [0.15, 0.2) is 12.3 Å². The largest absolute Gasteiger partial charge is 0.484 e. The number of aryl methyl sites for hydroxylation is 2. The van der Waals surface area contributed by atoms with Crippen molar-refractivity contribution >= 4 is 23.4 Å². The third kappa shape index (κ3) is 4.14. The molecule has 34 heavy (non-hydrogen) atoms. The summed E-state index contributed by atoms with van der Waals surface area (Å²) in [5, 5.41) is 10.5. The minimum Gasteiger partial charge on any atom is -0.484 e. The maximum Gasteiger partial charge on any atom is 0.272 e. The normalized spacial score (nSPS) is 22.4. The summed E-state index contributed by atoms with van der Waals surface area (Å²) >= 11 is 5.65. The molecule has 1 heterocycles.